The van der Waals surface area contributed by atoms with E-state index in [1.54, 1.807) is 0 Å². The smallest absolute Gasteiger partial charge is 0.320 e. The van der Waals surface area contributed by atoms with Crippen molar-refractivity contribution >= 4 is 17.7 Å². The third-order valence-electron chi connectivity index (χ3n) is 11.1. The van der Waals surface area contributed by atoms with Crippen LogP contribution < -0.4 is 0 Å². The minimum Gasteiger partial charge on any atom is -0.461 e. The normalized spacial score (nSPS) is 40.1. The number of Topliss-reactive ketones (excluding diaryl/α,β-unsaturated/α-hetero) is 1. The van der Waals surface area contributed by atoms with Crippen LogP contribution in [0.5, 0.6) is 0 Å². The summed E-state index contributed by atoms with van der Waals surface area (Å²) in [5.41, 5.74) is -0.242. The number of hydrogen-bond acceptors (Lipinski definition) is 7. The van der Waals surface area contributed by atoms with Gasteiger partial charge in [0.25, 0.3) is 0 Å². The zero-order valence-corrected chi connectivity index (χ0v) is 24.4. The maximum atomic E-state index is 13.4. The first-order valence-electron chi connectivity index (χ1n) is 15.3. The second-order valence-corrected chi connectivity index (χ2v) is 13.4. The van der Waals surface area contributed by atoms with E-state index in [1.807, 2.05) is 0 Å². The molecule has 0 aromatic carbocycles. The number of ether oxygens (including phenoxy) is 2. The van der Waals surface area contributed by atoms with E-state index in [9.17, 15) is 19.5 Å². The number of aliphatic hydroxyl groups is 1. The quantitative estimate of drug-likeness (QED) is 0.404. The molecule has 0 heterocycles. The SMILES string of the molecule is CCCN(CCC)CC(=O)O[C@H]1C[C@]2(C)[C@@H](C(=O)COC(C)=O)CC[C@H]2[C@@H]2CC[C@H]3C[C@H](O)CC[C@]3(C)[C@H]21. The van der Waals surface area contributed by atoms with Crippen LogP contribution >= 0.6 is 0 Å². The number of nitrogens with zero attached hydrogens (tertiary/aromatic N) is 1. The van der Waals surface area contributed by atoms with Crippen molar-refractivity contribution in [2.45, 2.75) is 111 Å². The first kappa shape index (κ1) is 29.5. The lowest BCUT2D eigenvalue weighted by Crippen LogP contribution is -2.60. The van der Waals surface area contributed by atoms with Crippen LogP contribution in [-0.4, -0.2) is 66.2 Å². The van der Waals surface area contributed by atoms with E-state index in [4.69, 9.17) is 9.47 Å². The Hall–Kier alpha value is -1.47. The molecule has 1 N–H and O–H groups in total. The molecule has 4 aliphatic carbocycles. The molecule has 7 nitrogen and oxygen atoms in total. The fourth-order valence-corrected chi connectivity index (χ4v) is 9.53. The summed E-state index contributed by atoms with van der Waals surface area (Å²) in [5, 5.41) is 10.5. The predicted octanol–water partition coefficient (Wildman–Crippen LogP) is 4.78. The van der Waals surface area contributed by atoms with E-state index in [0.29, 0.717) is 30.7 Å². The van der Waals surface area contributed by atoms with Crippen LogP contribution in [0.15, 0.2) is 0 Å². The molecule has 0 amide bonds. The Morgan fingerprint density at radius 3 is 2.34 bits per heavy atom. The van der Waals surface area contributed by atoms with Gasteiger partial charge in [0, 0.05) is 18.8 Å². The largest absolute Gasteiger partial charge is 0.461 e. The summed E-state index contributed by atoms with van der Waals surface area (Å²) in [5.74, 6) is 0.743. The average Bonchev–Trinajstić information content (AvgIpc) is 3.19. The van der Waals surface area contributed by atoms with Gasteiger partial charge in [-0.3, -0.25) is 19.3 Å². The molecule has 7 heteroatoms. The van der Waals surface area contributed by atoms with Crippen LogP contribution in [0, 0.1) is 40.4 Å². The Morgan fingerprint density at radius 1 is 0.974 bits per heavy atom. The van der Waals surface area contributed by atoms with Crippen LogP contribution in [0.1, 0.15) is 98.8 Å². The fraction of sp³-hybridized carbons (Fsp3) is 0.903. The van der Waals surface area contributed by atoms with E-state index < -0.39 is 5.97 Å². The Labute approximate surface area is 229 Å². The van der Waals surface area contributed by atoms with Gasteiger partial charge in [-0.25, -0.2) is 0 Å². The third kappa shape index (κ3) is 5.70. The highest BCUT2D eigenvalue weighted by Crippen LogP contribution is 2.68. The molecular weight excluding hydrogens is 482 g/mol. The number of esters is 2. The highest BCUT2D eigenvalue weighted by atomic mass is 16.5. The number of carbonyl (C=O) groups is 3. The second kappa shape index (κ2) is 12.0. The highest BCUT2D eigenvalue weighted by Gasteiger charge is 2.65. The monoisotopic (exact) mass is 533 g/mol. The zero-order chi connectivity index (χ0) is 27.7. The Kier molecular flexibility index (Phi) is 9.28. The van der Waals surface area contributed by atoms with Crippen molar-refractivity contribution in [2.75, 3.05) is 26.2 Å². The molecule has 4 aliphatic rings. The van der Waals surface area contributed by atoms with Crippen molar-refractivity contribution in [3.05, 3.63) is 0 Å². The summed E-state index contributed by atoms with van der Waals surface area (Å²) in [7, 11) is 0. The molecule has 0 aliphatic heterocycles. The molecule has 0 saturated heterocycles. The summed E-state index contributed by atoms with van der Waals surface area (Å²) in [6, 6.07) is 0. The molecule has 9 atom stereocenters. The maximum absolute atomic E-state index is 13.4. The van der Waals surface area contributed by atoms with Gasteiger partial charge in [0.2, 0.25) is 0 Å². The lowest BCUT2D eigenvalue weighted by atomic mass is 9.43. The van der Waals surface area contributed by atoms with Gasteiger partial charge >= 0.3 is 11.9 Å². The van der Waals surface area contributed by atoms with Crippen LogP contribution in [0.25, 0.3) is 0 Å². The lowest BCUT2D eigenvalue weighted by Gasteiger charge is -2.62. The van der Waals surface area contributed by atoms with Crippen LogP contribution in [-0.2, 0) is 23.9 Å². The molecule has 0 bridgehead atoms. The zero-order valence-electron chi connectivity index (χ0n) is 24.4. The van der Waals surface area contributed by atoms with E-state index in [1.165, 1.54) is 6.92 Å². The van der Waals surface area contributed by atoms with Crippen molar-refractivity contribution < 1.29 is 29.0 Å². The van der Waals surface area contributed by atoms with Crippen LogP contribution in [0.2, 0.25) is 0 Å². The van der Waals surface area contributed by atoms with E-state index in [-0.39, 0.29) is 53.2 Å². The number of aliphatic hydroxyl groups excluding tert-OH is 1. The van der Waals surface area contributed by atoms with E-state index in [0.717, 1.165) is 70.9 Å². The van der Waals surface area contributed by atoms with Gasteiger partial charge in [0.15, 0.2) is 5.78 Å². The fourth-order valence-electron chi connectivity index (χ4n) is 9.53. The number of fused-ring (bicyclic) bond motifs is 5. The number of rotatable bonds is 10. The van der Waals surface area contributed by atoms with Crippen molar-refractivity contribution in [3.63, 3.8) is 0 Å². The topological polar surface area (TPSA) is 93.1 Å². The molecule has 4 saturated carbocycles. The Balaban J connectivity index is 1.62. The van der Waals surface area contributed by atoms with E-state index in [2.05, 4.69) is 32.6 Å². The van der Waals surface area contributed by atoms with Gasteiger partial charge in [-0.2, -0.15) is 0 Å². The summed E-state index contributed by atoms with van der Waals surface area (Å²) in [6.07, 6.45) is 8.79. The van der Waals surface area contributed by atoms with E-state index >= 15 is 0 Å². The van der Waals surface area contributed by atoms with Crippen LogP contribution in [0.3, 0.4) is 0 Å². The van der Waals surface area contributed by atoms with Crippen molar-refractivity contribution in [2.24, 2.45) is 40.4 Å². The third-order valence-corrected chi connectivity index (χ3v) is 11.1. The first-order chi connectivity index (χ1) is 18.0. The molecule has 0 aromatic rings. The summed E-state index contributed by atoms with van der Waals surface area (Å²) < 4.78 is 11.6. The Bertz CT molecular complexity index is 870. The lowest BCUT2D eigenvalue weighted by molar-refractivity contribution is -0.200. The number of carbonyl (C=O) groups excluding carboxylic acids is 3. The second-order valence-electron chi connectivity index (χ2n) is 13.4. The van der Waals surface area contributed by atoms with Gasteiger partial charge < -0.3 is 14.6 Å². The molecule has 38 heavy (non-hydrogen) atoms. The number of ketones is 1. The first-order valence-corrected chi connectivity index (χ1v) is 15.3. The van der Waals surface area contributed by atoms with Gasteiger partial charge in [-0.1, -0.05) is 27.7 Å². The summed E-state index contributed by atoms with van der Waals surface area (Å²) in [6.45, 7) is 12.1. The maximum Gasteiger partial charge on any atom is 0.320 e. The van der Waals surface area contributed by atoms with Crippen molar-refractivity contribution in [3.8, 4) is 0 Å². The molecule has 4 fully saturated rings. The molecule has 0 radical (unpaired) electrons. The average molecular weight is 534 g/mol. The van der Waals surface area contributed by atoms with Gasteiger partial charge in [-0.05, 0) is 106 Å². The van der Waals surface area contributed by atoms with Crippen molar-refractivity contribution in [1.29, 1.82) is 0 Å². The molecule has 0 spiro atoms. The minimum atomic E-state index is -0.428. The van der Waals surface area contributed by atoms with Gasteiger partial charge in [-0.15, -0.1) is 0 Å². The number of hydrogen-bond donors (Lipinski definition) is 1. The molecular formula is C31H51NO6. The minimum absolute atomic E-state index is 0.00600. The highest BCUT2D eigenvalue weighted by molar-refractivity contribution is 5.85. The summed E-state index contributed by atoms with van der Waals surface area (Å²) in [4.78, 5) is 40.3. The summed E-state index contributed by atoms with van der Waals surface area (Å²) >= 11 is 0. The molecule has 0 aromatic heterocycles. The molecule has 0 unspecified atom stereocenters. The predicted molar refractivity (Wildman–Crippen MR) is 145 cm³/mol. The molecule has 216 valence electrons. The van der Waals surface area contributed by atoms with Crippen LogP contribution in [0.4, 0.5) is 0 Å². The standard InChI is InChI=1S/C31H51NO6/c1-6-14-32(15-7-2)18-28(36)38-27-17-31(5)24(10-11-25(31)26(35)19-37-20(3)33)23-9-8-21-16-22(34)12-13-30(21,4)29(23)27/h21-25,27,29,34H,6-19H2,1-5H3/t21-,22+,23-,24-,25+,27-,29+,30-,31-/m0/s1. The van der Waals surface area contributed by atoms with Gasteiger partial charge in [0.05, 0.1) is 12.6 Å². The Morgan fingerprint density at radius 2 is 1.68 bits per heavy atom. The molecule has 4 rings (SSSR count). The van der Waals surface area contributed by atoms with Crippen molar-refractivity contribution in [1.82, 2.24) is 4.90 Å². The van der Waals surface area contributed by atoms with Gasteiger partial charge in [0.1, 0.15) is 12.7 Å².